The van der Waals surface area contributed by atoms with Crippen LogP contribution in [-0.2, 0) is 32.1 Å². The van der Waals surface area contributed by atoms with E-state index >= 15 is 0 Å². The fraction of sp³-hybridized carbons (Fsp3) is 0.279. The molecule has 17 heteroatoms. The number of hydrogen-bond acceptors (Lipinski definition) is 11. The lowest BCUT2D eigenvalue weighted by Crippen LogP contribution is -2.15. The summed E-state index contributed by atoms with van der Waals surface area (Å²) in [5.41, 5.74) is 19.2. The first-order valence-electron chi connectivity index (χ1n) is 25.4. The van der Waals surface area contributed by atoms with Crippen LogP contribution in [0.3, 0.4) is 0 Å². The third-order valence-electron chi connectivity index (χ3n) is 13.7. The van der Waals surface area contributed by atoms with Crippen LogP contribution in [0.4, 0.5) is 17.1 Å². The van der Waals surface area contributed by atoms with Crippen LogP contribution >= 0.6 is 15.9 Å². The maximum Gasteiger partial charge on any atom is 0.256 e. The van der Waals surface area contributed by atoms with Crippen LogP contribution in [0.15, 0.2) is 123 Å². The van der Waals surface area contributed by atoms with Crippen LogP contribution in [-0.4, -0.2) is 62.0 Å². The maximum atomic E-state index is 11.2. The molecule has 0 unspecified atom stereocenters. The van der Waals surface area contributed by atoms with Crippen molar-refractivity contribution in [2.45, 2.75) is 109 Å². The van der Waals surface area contributed by atoms with Gasteiger partial charge in [-0.05, 0) is 134 Å². The number of amidine groups is 1. The average Bonchev–Trinajstić information content (AvgIpc) is 4.38. The third-order valence-corrected chi connectivity index (χ3v) is 14.5. The second kappa shape index (κ2) is 26.7. The molecule has 6 aromatic carbocycles. The minimum absolute atomic E-state index is 0.0121. The normalized spacial score (nSPS) is 16.6. The number of halogens is 1. The van der Waals surface area contributed by atoms with Crippen LogP contribution in [0.25, 0.3) is 37.4 Å². The van der Waals surface area contributed by atoms with Gasteiger partial charge in [-0.25, -0.2) is 14.5 Å². The number of ether oxygens (including phenoxy) is 1. The number of aliphatic hydroxyl groups excluding tert-OH is 3. The number of carbonyl (C=O) groups is 2. The number of carbonyl (C=O) groups excluding carboxylic acids is 2. The number of aromatic nitrogens is 2. The second-order valence-corrected chi connectivity index (χ2v) is 19.6. The standard InChI is InChI=1S/C21H19N3O3.C10H12N2O2.C10H9NO.C10H7NO.C9H7BrO.CH3B/c1-12(2)26-19-10-7-13(11-17(19)22-3)21-23-20(24-27-21)16-6-4-5-15-14(16)8-9-18(15)25;11-10(12-14)8-3-1-2-7-6(8)4-5-9(7)13;2*1-11-9-4-2-3-8-7(9)5-6-10(8)12;10-8-3-1-2-7-6(8)4-5-9(7)11;1-2/h4-7,10-12,18,25H,8-9H2,1-2H3;1-3,9,13-14H,4-5H2,(H2,11,12);2-4,10,12H,5-6H2;2-4H,5-6H2;1-3H,4-5H2;1H3/t18-;9-;10-;;;/m111.../s1. The molecule has 12 rings (SSSR count). The Hall–Kier alpha value is -8.24. The van der Waals surface area contributed by atoms with E-state index < -0.39 is 12.2 Å². The Morgan fingerprint density at radius 3 is 1.76 bits per heavy atom. The van der Waals surface area contributed by atoms with Crippen molar-refractivity contribution in [1.29, 1.82) is 0 Å². The molecule has 0 amide bonds. The van der Waals surface area contributed by atoms with E-state index in [4.69, 9.17) is 39.9 Å². The first-order valence-corrected chi connectivity index (χ1v) is 26.2. The fourth-order valence-corrected chi connectivity index (χ4v) is 10.6. The van der Waals surface area contributed by atoms with Crippen LogP contribution in [0, 0.1) is 19.7 Å². The molecule has 7 aromatic rings. The zero-order valence-electron chi connectivity index (χ0n) is 43.4. The van der Waals surface area contributed by atoms with Crippen molar-refractivity contribution in [3.8, 4) is 28.6 Å². The molecule has 5 aliphatic carbocycles. The summed E-state index contributed by atoms with van der Waals surface area (Å²) < 4.78 is 12.2. The number of fused-ring (bicyclic) bond motifs is 5. The van der Waals surface area contributed by atoms with Gasteiger partial charge in [-0.1, -0.05) is 118 Å². The SMILES string of the molecule is NC(=NO)c1cccc2c1CC[C@H]2O.O=C1CCc2c(Br)cccc21.[B]C.[C-]#[N+]c1cc(-c2nc(-c3cccc4c3CC[C@H]4O)no2)ccc1OC(C)C.[C-]#[N+]c1cccc2c1CCC2=O.[C-]#[N+]c1cccc2c1CC[C@H]2O. The highest BCUT2D eigenvalue weighted by atomic mass is 79.9. The van der Waals surface area contributed by atoms with Gasteiger partial charge in [0.05, 0.1) is 52.0 Å². The van der Waals surface area contributed by atoms with Gasteiger partial charge in [-0.3, -0.25) is 9.59 Å². The summed E-state index contributed by atoms with van der Waals surface area (Å²) in [5.74, 6) is 1.94. The molecule has 394 valence electrons. The molecule has 0 saturated heterocycles. The summed E-state index contributed by atoms with van der Waals surface area (Å²) in [6.07, 6.45) is 6.30. The molecule has 0 saturated carbocycles. The topological polar surface area (TPSA) is 215 Å². The zero-order valence-corrected chi connectivity index (χ0v) is 45.0. The lowest BCUT2D eigenvalue weighted by atomic mass is 10.0. The quantitative estimate of drug-likeness (QED) is 0.0273. The Bertz CT molecular complexity index is 3500. The lowest BCUT2D eigenvalue weighted by Gasteiger charge is -2.11. The predicted molar refractivity (Wildman–Crippen MR) is 302 cm³/mol. The maximum absolute atomic E-state index is 11.2. The van der Waals surface area contributed by atoms with Gasteiger partial charge >= 0.3 is 0 Å². The molecule has 78 heavy (non-hydrogen) atoms. The molecule has 1 heterocycles. The summed E-state index contributed by atoms with van der Waals surface area (Å²) >= 11 is 3.42. The molecule has 2 radical (unpaired) electrons. The minimum Gasteiger partial charge on any atom is -0.502 e. The zero-order chi connectivity index (χ0) is 56.0. The third kappa shape index (κ3) is 12.9. The van der Waals surface area contributed by atoms with Crippen LogP contribution in [0.5, 0.6) is 5.75 Å². The Morgan fingerprint density at radius 2 is 1.15 bits per heavy atom. The van der Waals surface area contributed by atoms with Crippen LogP contribution in [0.1, 0.15) is 135 Å². The van der Waals surface area contributed by atoms with Crippen LogP contribution in [0.2, 0.25) is 6.82 Å². The molecular weight excluding hydrogens is 1050 g/mol. The number of hydrogen-bond donors (Lipinski definition) is 5. The number of oxime groups is 1. The van der Waals surface area contributed by atoms with Gasteiger partial charge in [0.25, 0.3) is 5.89 Å². The summed E-state index contributed by atoms with van der Waals surface area (Å²) in [5, 5.41) is 44.9. The van der Waals surface area contributed by atoms with Gasteiger partial charge in [0.2, 0.25) is 11.5 Å². The minimum atomic E-state index is -0.430. The number of nitrogens with two attached hydrogens (primary N) is 1. The van der Waals surface area contributed by atoms with E-state index in [0.717, 1.165) is 104 Å². The van der Waals surface area contributed by atoms with Gasteiger partial charge in [0, 0.05) is 45.1 Å². The van der Waals surface area contributed by atoms with E-state index in [-0.39, 0.29) is 29.6 Å². The second-order valence-electron chi connectivity index (χ2n) is 18.8. The summed E-state index contributed by atoms with van der Waals surface area (Å²) in [7, 11) is 4.50. The molecule has 1 aromatic heterocycles. The molecule has 0 bridgehead atoms. The summed E-state index contributed by atoms with van der Waals surface area (Å²) in [6.45, 7) is 26.5. The Kier molecular flexibility index (Phi) is 19.7. The molecule has 0 fully saturated rings. The number of rotatable bonds is 5. The smallest absolute Gasteiger partial charge is 0.256 e. The average molecular weight is 1110 g/mol. The molecule has 3 atom stereocenters. The van der Waals surface area contributed by atoms with Crippen molar-refractivity contribution in [3.05, 3.63) is 209 Å². The van der Waals surface area contributed by atoms with E-state index in [0.29, 0.717) is 65.8 Å². The number of aliphatic hydroxyl groups is 3. The van der Waals surface area contributed by atoms with Crippen molar-refractivity contribution >= 4 is 58.2 Å². The fourth-order valence-electron chi connectivity index (χ4n) is 10.1. The Morgan fingerprint density at radius 1 is 0.654 bits per heavy atom. The molecule has 5 aliphatic rings. The van der Waals surface area contributed by atoms with Crippen molar-refractivity contribution in [1.82, 2.24) is 10.1 Å². The van der Waals surface area contributed by atoms with E-state index in [9.17, 15) is 24.9 Å². The van der Waals surface area contributed by atoms with E-state index in [1.165, 1.54) is 12.4 Å². The summed E-state index contributed by atoms with van der Waals surface area (Å²) in [6, 6.07) is 33.2. The molecule has 6 N–H and O–H groups in total. The highest BCUT2D eigenvalue weighted by Gasteiger charge is 2.27. The predicted octanol–water partition coefficient (Wildman–Crippen LogP) is 12.8. The van der Waals surface area contributed by atoms with Crippen molar-refractivity contribution < 1.29 is 39.4 Å². The van der Waals surface area contributed by atoms with Gasteiger partial charge in [-0.2, -0.15) is 4.98 Å². The molecule has 15 nitrogen and oxygen atoms in total. The molecular formula is C61H57BBrN7O8. The molecule has 0 spiro atoms. The van der Waals surface area contributed by atoms with Crippen LogP contribution < -0.4 is 10.5 Å². The van der Waals surface area contributed by atoms with Gasteiger partial charge < -0.3 is 35.5 Å². The van der Waals surface area contributed by atoms with E-state index in [1.807, 2.05) is 80.6 Å². The number of Topliss-reactive ketones (excluding diaryl/α,β-unsaturated/α-hetero) is 2. The summed E-state index contributed by atoms with van der Waals surface area (Å²) in [4.78, 5) is 37.3. The highest BCUT2D eigenvalue weighted by molar-refractivity contribution is 9.10. The number of nitrogens with zero attached hydrogens (tertiary/aromatic N) is 6. The van der Waals surface area contributed by atoms with E-state index in [2.05, 4.69) is 53.6 Å². The number of ketones is 2. The van der Waals surface area contributed by atoms with Gasteiger partial charge in [-0.15, -0.1) is 0 Å². The number of benzene rings is 6. The first-order chi connectivity index (χ1) is 37.7. The largest absolute Gasteiger partial charge is 0.502 e. The van der Waals surface area contributed by atoms with Crippen molar-refractivity contribution in [2.75, 3.05) is 0 Å². The van der Waals surface area contributed by atoms with E-state index in [1.54, 1.807) is 42.5 Å². The lowest BCUT2D eigenvalue weighted by molar-refractivity contribution is 0.0986. The molecule has 0 aliphatic heterocycles. The Balaban J connectivity index is 0.000000148. The van der Waals surface area contributed by atoms with Gasteiger partial charge in [0.1, 0.15) is 5.75 Å². The first kappa shape index (κ1) is 57.5. The highest BCUT2D eigenvalue weighted by Crippen LogP contribution is 2.40. The van der Waals surface area contributed by atoms with Crippen molar-refractivity contribution in [2.24, 2.45) is 10.9 Å². The monoisotopic (exact) mass is 1110 g/mol. The van der Waals surface area contributed by atoms with Crippen molar-refractivity contribution in [3.63, 3.8) is 0 Å². The van der Waals surface area contributed by atoms with Gasteiger partial charge in [0.15, 0.2) is 28.8 Å². The Labute approximate surface area is 463 Å².